The van der Waals surface area contributed by atoms with Gasteiger partial charge in [-0.1, -0.05) is 26.2 Å². The topological polar surface area (TPSA) is 21.3 Å². The zero-order valence-electron chi connectivity index (χ0n) is 11.1. The van der Waals surface area contributed by atoms with Crippen molar-refractivity contribution in [2.24, 2.45) is 5.92 Å². The van der Waals surface area contributed by atoms with Gasteiger partial charge in [-0.2, -0.15) is 0 Å². The number of hydrogen-bond donors (Lipinski definition) is 1. The zero-order chi connectivity index (χ0) is 11.6. The number of hydrogen-bond acceptors (Lipinski definition) is 2. The van der Waals surface area contributed by atoms with Crippen LogP contribution in [0.1, 0.15) is 58.3 Å². The van der Waals surface area contributed by atoms with Gasteiger partial charge in [0.2, 0.25) is 0 Å². The van der Waals surface area contributed by atoms with Gasteiger partial charge in [-0.25, -0.2) is 0 Å². The van der Waals surface area contributed by atoms with Crippen molar-refractivity contribution in [1.29, 1.82) is 0 Å². The molecular weight excluding hydrogens is 198 g/mol. The second kappa shape index (κ2) is 9.00. The molecule has 0 amide bonds. The minimum absolute atomic E-state index is 0.807. The number of methoxy groups -OCH3 is 1. The molecule has 1 fully saturated rings. The normalized spacial score (nSPS) is 25.9. The Hall–Kier alpha value is -0.0800. The number of rotatable bonds is 8. The molecule has 0 bridgehead atoms. The van der Waals surface area contributed by atoms with Crippen molar-refractivity contribution in [3.05, 3.63) is 0 Å². The molecule has 2 unspecified atom stereocenters. The molecule has 0 aliphatic heterocycles. The minimum Gasteiger partial charge on any atom is -0.385 e. The minimum atomic E-state index is 0.807. The molecule has 96 valence electrons. The molecule has 2 nitrogen and oxygen atoms in total. The average Bonchev–Trinajstić information content (AvgIpc) is 2.34. The highest BCUT2D eigenvalue weighted by molar-refractivity contribution is 4.79. The highest BCUT2D eigenvalue weighted by Crippen LogP contribution is 2.26. The summed E-state index contributed by atoms with van der Waals surface area (Å²) in [6.07, 6.45) is 10.9. The van der Waals surface area contributed by atoms with Gasteiger partial charge in [0.05, 0.1) is 0 Å². The van der Waals surface area contributed by atoms with Crippen molar-refractivity contribution >= 4 is 0 Å². The summed E-state index contributed by atoms with van der Waals surface area (Å²) in [6.45, 7) is 4.45. The lowest BCUT2D eigenvalue weighted by molar-refractivity contribution is 0.191. The Morgan fingerprint density at radius 1 is 1.12 bits per heavy atom. The molecule has 1 aliphatic carbocycles. The van der Waals surface area contributed by atoms with E-state index in [9.17, 15) is 0 Å². The Labute approximate surface area is 101 Å². The van der Waals surface area contributed by atoms with Crippen LogP contribution in [-0.2, 0) is 4.74 Å². The second-order valence-electron chi connectivity index (χ2n) is 5.07. The van der Waals surface area contributed by atoms with Gasteiger partial charge in [0, 0.05) is 19.8 Å². The lowest BCUT2D eigenvalue weighted by Crippen LogP contribution is -2.38. The molecule has 1 saturated carbocycles. The second-order valence-corrected chi connectivity index (χ2v) is 5.07. The summed E-state index contributed by atoms with van der Waals surface area (Å²) >= 11 is 0. The molecule has 16 heavy (non-hydrogen) atoms. The molecule has 1 aliphatic rings. The maximum absolute atomic E-state index is 5.05. The van der Waals surface area contributed by atoms with Gasteiger partial charge in [-0.3, -0.25) is 0 Å². The van der Waals surface area contributed by atoms with Crippen molar-refractivity contribution in [1.82, 2.24) is 5.32 Å². The molecule has 1 rings (SSSR count). The molecular formula is C14H29NO. The first kappa shape index (κ1) is 14.0. The molecule has 0 saturated heterocycles. The SMILES string of the molecule is CCC1CCCCC1NCCCCCOC. The first-order valence-electron chi connectivity index (χ1n) is 7.10. The Morgan fingerprint density at radius 2 is 1.94 bits per heavy atom. The van der Waals surface area contributed by atoms with Crippen LogP contribution >= 0.6 is 0 Å². The first-order valence-corrected chi connectivity index (χ1v) is 7.10. The van der Waals surface area contributed by atoms with E-state index in [-0.39, 0.29) is 0 Å². The summed E-state index contributed by atoms with van der Waals surface area (Å²) in [5, 5.41) is 3.76. The van der Waals surface area contributed by atoms with E-state index in [1.54, 1.807) is 7.11 Å². The van der Waals surface area contributed by atoms with E-state index in [1.807, 2.05) is 0 Å². The van der Waals surface area contributed by atoms with Gasteiger partial charge in [0.1, 0.15) is 0 Å². The Morgan fingerprint density at radius 3 is 2.69 bits per heavy atom. The van der Waals surface area contributed by atoms with Crippen LogP contribution in [0, 0.1) is 5.92 Å². The quantitative estimate of drug-likeness (QED) is 0.642. The average molecular weight is 227 g/mol. The predicted molar refractivity (Wildman–Crippen MR) is 69.8 cm³/mol. The molecule has 0 spiro atoms. The fraction of sp³-hybridized carbons (Fsp3) is 1.00. The van der Waals surface area contributed by atoms with Crippen LogP contribution in [0.5, 0.6) is 0 Å². The molecule has 0 heterocycles. The van der Waals surface area contributed by atoms with E-state index < -0.39 is 0 Å². The number of ether oxygens (including phenoxy) is 1. The highest BCUT2D eigenvalue weighted by Gasteiger charge is 2.22. The molecule has 0 aromatic rings. The molecule has 0 aromatic heterocycles. The third kappa shape index (κ3) is 5.31. The molecule has 0 aromatic carbocycles. The summed E-state index contributed by atoms with van der Waals surface area (Å²) in [4.78, 5) is 0. The van der Waals surface area contributed by atoms with Gasteiger partial charge in [0.15, 0.2) is 0 Å². The van der Waals surface area contributed by atoms with E-state index in [1.165, 1.54) is 57.9 Å². The molecule has 2 atom stereocenters. The largest absolute Gasteiger partial charge is 0.385 e. The summed E-state index contributed by atoms with van der Waals surface area (Å²) in [7, 11) is 1.78. The smallest absolute Gasteiger partial charge is 0.0462 e. The number of nitrogens with one attached hydrogen (secondary N) is 1. The summed E-state index contributed by atoms with van der Waals surface area (Å²) in [6, 6.07) is 0.807. The lowest BCUT2D eigenvalue weighted by atomic mass is 9.83. The lowest BCUT2D eigenvalue weighted by Gasteiger charge is -2.31. The van der Waals surface area contributed by atoms with Crippen molar-refractivity contribution in [3.8, 4) is 0 Å². The Kier molecular flexibility index (Phi) is 7.87. The predicted octanol–water partition coefficient (Wildman–Crippen LogP) is 3.36. The van der Waals surface area contributed by atoms with Crippen LogP contribution < -0.4 is 5.32 Å². The van der Waals surface area contributed by atoms with E-state index in [0.717, 1.165) is 18.6 Å². The maximum atomic E-state index is 5.05. The summed E-state index contributed by atoms with van der Waals surface area (Å²) in [5.41, 5.74) is 0. The standard InChI is InChI=1S/C14H29NO/c1-3-13-9-5-6-10-14(13)15-11-7-4-8-12-16-2/h13-15H,3-12H2,1-2H3. The van der Waals surface area contributed by atoms with Gasteiger partial charge in [-0.05, 0) is 44.6 Å². The molecule has 2 heteroatoms. The van der Waals surface area contributed by atoms with Crippen molar-refractivity contribution < 1.29 is 4.74 Å². The summed E-state index contributed by atoms with van der Waals surface area (Å²) in [5.74, 6) is 0.938. The van der Waals surface area contributed by atoms with Crippen molar-refractivity contribution in [3.63, 3.8) is 0 Å². The fourth-order valence-corrected chi connectivity index (χ4v) is 2.80. The first-order chi connectivity index (χ1) is 7.88. The molecule has 1 N–H and O–H groups in total. The third-order valence-electron chi connectivity index (χ3n) is 3.87. The van der Waals surface area contributed by atoms with E-state index in [0.29, 0.717) is 0 Å². The van der Waals surface area contributed by atoms with Crippen LogP contribution in [0.4, 0.5) is 0 Å². The Balaban J connectivity index is 2.02. The summed E-state index contributed by atoms with van der Waals surface area (Å²) < 4.78 is 5.05. The van der Waals surface area contributed by atoms with Crippen LogP contribution in [0.15, 0.2) is 0 Å². The van der Waals surface area contributed by atoms with Crippen LogP contribution in [0.2, 0.25) is 0 Å². The van der Waals surface area contributed by atoms with Crippen molar-refractivity contribution in [2.45, 2.75) is 64.3 Å². The highest BCUT2D eigenvalue weighted by atomic mass is 16.5. The third-order valence-corrected chi connectivity index (χ3v) is 3.87. The van der Waals surface area contributed by atoms with Crippen molar-refractivity contribution in [2.75, 3.05) is 20.3 Å². The van der Waals surface area contributed by atoms with Gasteiger partial charge >= 0.3 is 0 Å². The molecule has 0 radical (unpaired) electrons. The fourth-order valence-electron chi connectivity index (χ4n) is 2.80. The maximum Gasteiger partial charge on any atom is 0.0462 e. The van der Waals surface area contributed by atoms with E-state index in [4.69, 9.17) is 4.74 Å². The van der Waals surface area contributed by atoms with Gasteiger partial charge < -0.3 is 10.1 Å². The number of unbranched alkanes of at least 4 members (excludes halogenated alkanes) is 2. The van der Waals surface area contributed by atoms with E-state index >= 15 is 0 Å². The van der Waals surface area contributed by atoms with Crippen LogP contribution in [0.3, 0.4) is 0 Å². The van der Waals surface area contributed by atoms with E-state index in [2.05, 4.69) is 12.2 Å². The zero-order valence-corrected chi connectivity index (χ0v) is 11.1. The Bertz CT molecular complexity index is 161. The monoisotopic (exact) mass is 227 g/mol. The van der Waals surface area contributed by atoms with Crippen LogP contribution in [0.25, 0.3) is 0 Å². The van der Waals surface area contributed by atoms with Crippen LogP contribution in [-0.4, -0.2) is 26.3 Å². The van der Waals surface area contributed by atoms with Gasteiger partial charge in [0.25, 0.3) is 0 Å². The van der Waals surface area contributed by atoms with Gasteiger partial charge in [-0.15, -0.1) is 0 Å².